The molecule has 1 heterocycles. The molecule has 84 valence electrons. The minimum atomic E-state index is -4.34. The topological polar surface area (TPSA) is 26.0 Å². The predicted molar refractivity (Wildman–Crippen MR) is 59.2 cm³/mol. The molecule has 0 unspecified atom stereocenters. The molecule has 0 amide bonds. The Balaban J connectivity index is 2.57. The van der Waals surface area contributed by atoms with Gasteiger partial charge in [0.25, 0.3) is 0 Å². The van der Waals surface area contributed by atoms with Crippen LogP contribution in [0.2, 0.25) is 0 Å². The average molecular weight is 243 g/mol. The van der Waals surface area contributed by atoms with E-state index in [1.807, 2.05) is 0 Å². The van der Waals surface area contributed by atoms with Crippen LogP contribution in [0, 0.1) is 0 Å². The molecule has 1 aromatic heterocycles. The summed E-state index contributed by atoms with van der Waals surface area (Å²) in [6, 6.07) is 8.70. The molecule has 0 aliphatic rings. The second kappa shape index (κ2) is 3.83. The summed E-state index contributed by atoms with van der Waals surface area (Å²) in [5.41, 5.74) is 5.06. The molecule has 1 aromatic carbocycles. The predicted octanol–water partition coefficient (Wildman–Crippen LogP) is 4.02. The van der Waals surface area contributed by atoms with Crippen LogP contribution in [0.1, 0.15) is 5.56 Å². The van der Waals surface area contributed by atoms with Crippen molar-refractivity contribution < 1.29 is 13.2 Å². The van der Waals surface area contributed by atoms with Gasteiger partial charge in [-0.25, -0.2) is 0 Å². The number of alkyl halides is 3. The molecular formula is C11H8F3NS. The van der Waals surface area contributed by atoms with Crippen LogP contribution in [0.3, 0.4) is 0 Å². The van der Waals surface area contributed by atoms with Crippen LogP contribution in [0.25, 0.3) is 10.4 Å². The number of nitrogens with two attached hydrogens (primary N) is 1. The van der Waals surface area contributed by atoms with Gasteiger partial charge >= 0.3 is 6.18 Å². The molecule has 2 N–H and O–H groups in total. The molecule has 2 aromatic rings. The maximum atomic E-state index is 12.7. The van der Waals surface area contributed by atoms with E-state index in [4.69, 9.17) is 5.73 Å². The van der Waals surface area contributed by atoms with Gasteiger partial charge in [-0.1, -0.05) is 18.2 Å². The second-order valence-corrected chi connectivity index (χ2v) is 4.36. The molecule has 0 fully saturated rings. The maximum Gasteiger partial charge on any atom is 0.417 e. The monoisotopic (exact) mass is 243 g/mol. The Morgan fingerprint density at radius 1 is 1.00 bits per heavy atom. The van der Waals surface area contributed by atoms with E-state index < -0.39 is 11.7 Å². The summed E-state index contributed by atoms with van der Waals surface area (Å²) in [6.07, 6.45) is -4.34. The zero-order chi connectivity index (χ0) is 11.8. The molecule has 16 heavy (non-hydrogen) atoms. The van der Waals surface area contributed by atoms with Crippen molar-refractivity contribution in [2.24, 2.45) is 0 Å². The SMILES string of the molecule is Nc1ccc(-c2ccccc2C(F)(F)F)s1. The molecule has 0 aliphatic heterocycles. The molecule has 0 aliphatic carbocycles. The Hall–Kier alpha value is -1.49. The highest BCUT2D eigenvalue weighted by Crippen LogP contribution is 2.39. The van der Waals surface area contributed by atoms with Crippen LogP contribution in [0.15, 0.2) is 36.4 Å². The molecule has 0 saturated carbocycles. The third-order valence-corrected chi connectivity index (χ3v) is 3.07. The summed E-state index contributed by atoms with van der Waals surface area (Å²) in [4.78, 5) is 0.533. The van der Waals surface area contributed by atoms with Crippen molar-refractivity contribution in [1.82, 2.24) is 0 Å². The lowest BCUT2D eigenvalue weighted by Crippen LogP contribution is -2.06. The number of benzene rings is 1. The summed E-state index contributed by atoms with van der Waals surface area (Å²) in [5.74, 6) is 0. The summed E-state index contributed by atoms with van der Waals surface area (Å²) in [6.45, 7) is 0. The fourth-order valence-electron chi connectivity index (χ4n) is 1.44. The number of hydrogen-bond acceptors (Lipinski definition) is 2. The fourth-order valence-corrected chi connectivity index (χ4v) is 2.26. The molecule has 0 saturated heterocycles. The van der Waals surface area contributed by atoms with Gasteiger partial charge < -0.3 is 5.73 Å². The number of nitrogen functional groups attached to an aromatic ring is 1. The highest BCUT2D eigenvalue weighted by Gasteiger charge is 2.33. The molecular weight excluding hydrogens is 235 g/mol. The zero-order valence-electron chi connectivity index (χ0n) is 8.08. The first-order valence-corrected chi connectivity index (χ1v) is 5.32. The summed E-state index contributed by atoms with van der Waals surface area (Å²) < 4.78 is 38.1. The minimum Gasteiger partial charge on any atom is -0.391 e. The van der Waals surface area contributed by atoms with Gasteiger partial charge in [0.15, 0.2) is 0 Å². The van der Waals surface area contributed by atoms with E-state index in [0.29, 0.717) is 9.88 Å². The van der Waals surface area contributed by atoms with Crippen LogP contribution >= 0.6 is 11.3 Å². The Kier molecular flexibility index (Phi) is 2.63. The van der Waals surface area contributed by atoms with Crippen molar-refractivity contribution in [3.05, 3.63) is 42.0 Å². The average Bonchev–Trinajstić information content (AvgIpc) is 2.64. The zero-order valence-corrected chi connectivity index (χ0v) is 8.90. The van der Waals surface area contributed by atoms with E-state index in [1.165, 1.54) is 12.1 Å². The van der Waals surface area contributed by atoms with Crippen LogP contribution in [0.4, 0.5) is 18.2 Å². The lowest BCUT2D eigenvalue weighted by molar-refractivity contribution is -0.137. The van der Waals surface area contributed by atoms with Gasteiger partial charge in [0.2, 0.25) is 0 Å². The van der Waals surface area contributed by atoms with Crippen molar-refractivity contribution >= 4 is 16.3 Å². The van der Waals surface area contributed by atoms with Crippen molar-refractivity contribution in [1.29, 1.82) is 0 Å². The normalized spacial score (nSPS) is 11.7. The molecule has 0 spiro atoms. The fraction of sp³-hybridized carbons (Fsp3) is 0.0909. The van der Waals surface area contributed by atoms with E-state index in [-0.39, 0.29) is 5.56 Å². The summed E-state index contributed by atoms with van der Waals surface area (Å²) in [7, 11) is 0. The number of anilines is 1. The lowest BCUT2D eigenvalue weighted by atomic mass is 10.1. The van der Waals surface area contributed by atoms with Crippen LogP contribution in [-0.2, 0) is 6.18 Å². The van der Waals surface area contributed by atoms with Crippen LogP contribution in [-0.4, -0.2) is 0 Å². The Labute approximate surface area is 94.3 Å². The van der Waals surface area contributed by atoms with Gasteiger partial charge in [-0.3, -0.25) is 0 Å². The smallest absolute Gasteiger partial charge is 0.391 e. The lowest BCUT2D eigenvalue weighted by Gasteiger charge is -2.10. The summed E-state index contributed by atoms with van der Waals surface area (Å²) in [5, 5.41) is 0.506. The quantitative estimate of drug-likeness (QED) is 0.804. The second-order valence-electron chi connectivity index (χ2n) is 3.25. The van der Waals surface area contributed by atoms with Crippen molar-refractivity contribution in [2.45, 2.75) is 6.18 Å². The number of halogens is 3. The first kappa shape index (κ1) is 11.0. The van der Waals surface area contributed by atoms with Crippen molar-refractivity contribution in [3.63, 3.8) is 0 Å². The van der Waals surface area contributed by atoms with Gasteiger partial charge in [-0.15, -0.1) is 11.3 Å². The third-order valence-electron chi connectivity index (χ3n) is 2.12. The van der Waals surface area contributed by atoms with Crippen LogP contribution < -0.4 is 5.73 Å². The Morgan fingerprint density at radius 2 is 1.69 bits per heavy atom. The first-order valence-electron chi connectivity index (χ1n) is 4.50. The Bertz CT molecular complexity index is 502. The van der Waals surface area contributed by atoms with Gasteiger partial charge in [0.1, 0.15) is 0 Å². The largest absolute Gasteiger partial charge is 0.417 e. The minimum absolute atomic E-state index is 0.178. The van der Waals surface area contributed by atoms with Gasteiger partial charge in [-0.2, -0.15) is 13.2 Å². The molecule has 2 rings (SSSR count). The highest BCUT2D eigenvalue weighted by atomic mass is 32.1. The number of thiophene rings is 1. The van der Waals surface area contributed by atoms with Gasteiger partial charge in [0.05, 0.1) is 10.6 Å². The van der Waals surface area contributed by atoms with Gasteiger partial charge in [0, 0.05) is 10.4 Å². The van der Waals surface area contributed by atoms with Crippen LogP contribution in [0.5, 0.6) is 0 Å². The van der Waals surface area contributed by atoms with E-state index in [2.05, 4.69) is 0 Å². The van der Waals surface area contributed by atoms with E-state index in [0.717, 1.165) is 17.4 Å². The number of rotatable bonds is 1. The van der Waals surface area contributed by atoms with E-state index in [1.54, 1.807) is 18.2 Å². The Morgan fingerprint density at radius 3 is 2.25 bits per heavy atom. The summed E-state index contributed by atoms with van der Waals surface area (Å²) >= 11 is 1.15. The molecule has 1 nitrogen and oxygen atoms in total. The standard InChI is InChI=1S/C11H8F3NS/c12-11(13,14)8-4-2-1-3-7(8)9-5-6-10(15)16-9/h1-6H,15H2. The first-order chi connectivity index (χ1) is 7.48. The van der Waals surface area contributed by atoms with E-state index >= 15 is 0 Å². The maximum absolute atomic E-state index is 12.7. The highest BCUT2D eigenvalue weighted by molar-refractivity contribution is 7.19. The molecule has 0 radical (unpaired) electrons. The molecule has 0 bridgehead atoms. The van der Waals surface area contributed by atoms with Crippen molar-refractivity contribution in [3.8, 4) is 10.4 Å². The third kappa shape index (κ3) is 2.04. The van der Waals surface area contributed by atoms with Crippen molar-refractivity contribution in [2.75, 3.05) is 5.73 Å². The molecule has 0 atom stereocenters. The number of hydrogen-bond donors (Lipinski definition) is 1. The van der Waals surface area contributed by atoms with Gasteiger partial charge in [-0.05, 0) is 18.2 Å². The van der Waals surface area contributed by atoms with E-state index in [9.17, 15) is 13.2 Å². The molecule has 5 heteroatoms.